The summed E-state index contributed by atoms with van der Waals surface area (Å²) in [6, 6.07) is 8.22. The quantitative estimate of drug-likeness (QED) is 0.271. The van der Waals surface area contributed by atoms with Crippen molar-refractivity contribution in [3.63, 3.8) is 0 Å². The number of aromatic amines is 1. The molecule has 1 amide bonds. The van der Waals surface area contributed by atoms with Gasteiger partial charge >= 0.3 is 15.2 Å². The summed E-state index contributed by atoms with van der Waals surface area (Å²) in [4.78, 5) is 15.9. The monoisotopic (exact) mass is 537 g/mol. The van der Waals surface area contributed by atoms with Gasteiger partial charge in [-0.2, -0.15) is 0 Å². The Balaban J connectivity index is 2.30. The van der Waals surface area contributed by atoms with Crippen molar-refractivity contribution >= 4 is 53.9 Å². The molecule has 10 nitrogen and oxygen atoms in total. The van der Waals surface area contributed by atoms with Crippen LogP contribution < -0.4 is 21.7 Å². The molecule has 0 fully saturated rings. The van der Waals surface area contributed by atoms with Gasteiger partial charge in [0.2, 0.25) is 0 Å². The summed E-state index contributed by atoms with van der Waals surface area (Å²) in [6.45, 7) is 9.15. The molecule has 0 saturated carbocycles. The van der Waals surface area contributed by atoms with Crippen molar-refractivity contribution in [3.8, 4) is 0 Å². The van der Waals surface area contributed by atoms with Crippen LogP contribution in [-0.4, -0.2) is 37.3 Å². The third kappa shape index (κ3) is 5.59. The van der Waals surface area contributed by atoms with Crippen LogP contribution in [0.25, 0.3) is 10.8 Å². The maximum atomic E-state index is 13.9. The number of H-pyrrole nitrogens is 1. The molecule has 0 radical (unpaired) electrons. The van der Waals surface area contributed by atoms with Gasteiger partial charge in [0, 0.05) is 22.8 Å². The normalized spacial score (nSPS) is 12.2. The molecule has 3 aromatic rings. The number of aromatic nitrogens is 1. The van der Waals surface area contributed by atoms with Crippen molar-refractivity contribution < 1.29 is 32.0 Å². The molecular weight excluding hydrogens is 504 g/mol. The lowest BCUT2D eigenvalue weighted by Crippen LogP contribution is -2.20. The summed E-state index contributed by atoms with van der Waals surface area (Å²) in [5, 5.41) is 4.23. The molecule has 0 aliphatic heterocycles. The first-order valence-corrected chi connectivity index (χ1v) is 14.8. The molecule has 0 aliphatic rings. The fourth-order valence-corrected chi connectivity index (χ4v) is 7.46. The van der Waals surface area contributed by atoms with E-state index in [1.165, 1.54) is 6.20 Å². The number of nitrogens with two attached hydrogens (primary N) is 1. The zero-order chi connectivity index (χ0) is 26.5. The van der Waals surface area contributed by atoms with Crippen LogP contribution in [0.3, 0.4) is 0 Å². The van der Waals surface area contributed by atoms with Gasteiger partial charge in [0.25, 0.3) is 5.91 Å². The molecule has 1 aromatic heterocycles. The van der Waals surface area contributed by atoms with E-state index in [4.69, 9.17) is 23.8 Å². The molecule has 196 valence electrons. The Morgan fingerprint density at radius 2 is 1.44 bits per heavy atom. The fraction of sp³-hybridized carbons (Fsp3) is 0.375. The Morgan fingerprint density at radius 3 is 1.94 bits per heavy atom. The number of fused-ring (bicyclic) bond motifs is 1. The van der Waals surface area contributed by atoms with Crippen molar-refractivity contribution in [3.05, 3.63) is 47.8 Å². The topological polar surface area (TPSA) is 142 Å². The Bertz CT molecular complexity index is 1320. The predicted octanol–water partition coefficient (Wildman–Crippen LogP) is 5.09. The van der Waals surface area contributed by atoms with Crippen LogP contribution in [0.2, 0.25) is 0 Å². The number of anilines is 2. The number of nitrogens with one attached hydrogen (secondary N) is 2. The van der Waals surface area contributed by atoms with Gasteiger partial charge in [-0.3, -0.25) is 13.9 Å². The summed E-state index contributed by atoms with van der Waals surface area (Å²) in [5.74, 6) is -0.451. The maximum Gasteiger partial charge on any atom is 0.362 e. The second kappa shape index (κ2) is 11.7. The van der Waals surface area contributed by atoms with E-state index in [2.05, 4.69) is 10.3 Å². The van der Waals surface area contributed by atoms with Gasteiger partial charge in [-0.1, -0.05) is 12.1 Å². The van der Waals surface area contributed by atoms with Gasteiger partial charge in [0.05, 0.1) is 42.7 Å². The van der Waals surface area contributed by atoms with Crippen molar-refractivity contribution in [2.45, 2.75) is 34.6 Å². The van der Waals surface area contributed by atoms with Crippen molar-refractivity contribution in [2.24, 2.45) is 0 Å². The number of carbonyl (C=O) groups excluding carboxylic acids is 1. The van der Waals surface area contributed by atoms with Crippen LogP contribution in [0.4, 0.5) is 11.4 Å². The van der Waals surface area contributed by atoms with Crippen LogP contribution in [0.5, 0.6) is 0 Å². The van der Waals surface area contributed by atoms with E-state index in [0.717, 1.165) is 0 Å². The Kier molecular flexibility index (Phi) is 9.17. The highest BCUT2D eigenvalue weighted by Crippen LogP contribution is 2.52. The Labute approximate surface area is 210 Å². The van der Waals surface area contributed by atoms with Gasteiger partial charge < -0.3 is 34.1 Å². The minimum Gasteiger partial charge on any atom is -0.397 e. The fourth-order valence-electron chi connectivity index (χ4n) is 3.86. The maximum absolute atomic E-state index is 13.9. The van der Waals surface area contributed by atoms with Crippen LogP contribution in [-0.2, 0) is 27.2 Å². The van der Waals surface area contributed by atoms with Crippen LogP contribution in [0.1, 0.15) is 43.7 Å². The van der Waals surface area contributed by atoms with Crippen molar-refractivity contribution in [2.75, 3.05) is 37.5 Å². The highest BCUT2D eigenvalue weighted by atomic mass is 31.2. The molecule has 0 spiro atoms. The van der Waals surface area contributed by atoms with Crippen LogP contribution >= 0.6 is 15.2 Å². The van der Waals surface area contributed by atoms with Crippen LogP contribution in [0.15, 0.2) is 36.5 Å². The number of benzene rings is 2. The summed E-state index contributed by atoms with van der Waals surface area (Å²) in [6.07, 6.45) is 1.53. The molecule has 3 rings (SSSR count). The van der Waals surface area contributed by atoms with E-state index in [-0.39, 0.29) is 42.7 Å². The Hall–Kier alpha value is -2.45. The largest absolute Gasteiger partial charge is 0.397 e. The zero-order valence-electron chi connectivity index (χ0n) is 21.1. The number of rotatable bonds is 12. The minimum atomic E-state index is -3.82. The first-order valence-electron chi connectivity index (χ1n) is 11.7. The second-order valence-electron chi connectivity index (χ2n) is 7.73. The summed E-state index contributed by atoms with van der Waals surface area (Å²) in [7, 11) is -7.56. The number of carbonyl (C=O) groups is 1. The Morgan fingerprint density at radius 1 is 0.889 bits per heavy atom. The van der Waals surface area contributed by atoms with Crippen LogP contribution in [0, 0.1) is 6.92 Å². The number of nitrogen functional groups attached to an aromatic ring is 1. The average molecular weight is 537 g/mol. The molecule has 36 heavy (non-hydrogen) atoms. The highest BCUT2D eigenvalue weighted by molar-refractivity contribution is 7.63. The summed E-state index contributed by atoms with van der Waals surface area (Å²) < 4.78 is 50.1. The lowest BCUT2D eigenvalue weighted by atomic mass is 10.1. The molecule has 0 saturated heterocycles. The average Bonchev–Trinajstić information content (AvgIpc) is 3.17. The van der Waals surface area contributed by atoms with Gasteiger partial charge in [0.15, 0.2) is 0 Å². The molecule has 0 unspecified atom stereocenters. The van der Waals surface area contributed by atoms with E-state index in [1.807, 2.05) is 0 Å². The number of hydrogen-bond donors (Lipinski definition) is 3. The van der Waals surface area contributed by atoms with Gasteiger partial charge in [-0.25, -0.2) is 0 Å². The van der Waals surface area contributed by atoms with E-state index in [1.54, 1.807) is 65.0 Å². The van der Waals surface area contributed by atoms with E-state index in [0.29, 0.717) is 27.7 Å². The molecule has 4 N–H and O–H groups in total. The first-order chi connectivity index (χ1) is 17.1. The summed E-state index contributed by atoms with van der Waals surface area (Å²) >= 11 is 0. The molecule has 0 bridgehead atoms. The molecule has 12 heteroatoms. The summed E-state index contributed by atoms with van der Waals surface area (Å²) in [5.41, 5.74) is 7.51. The van der Waals surface area contributed by atoms with E-state index in [9.17, 15) is 13.9 Å². The lowest BCUT2D eigenvalue weighted by Gasteiger charge is -2.23. The minimum absolute atomic E-state index is 0.131. The van der Waals surface area contributed by atoms with Crippen molar-refractivity contribution in [1.82, 2.24) is 4.98 Å². The number of hydrogen-bond acceptors (Lipinski definition) is 8. The smallest absolute Gasteiger partial charge is 0.362 e. The highest BCUT2D eigenvalue weighted by Gasteiger charge is 2.34. The second-order valence-corrected chi connectivity index (χ2v) is 11.7. The molecule has 0 atom stereocenters. The lowest BCUT2D eigenvalue weighted by molar-refractivity contribution is 0.102. The standard InChI is InChI=1S/C24H33N3O7P2/c1-6-31-35(29,32-7-2)21-12-10-11-18-19(21)13-17(14-22(18)36(30,33-8-3)34-9-4)27-24(28)23-16(5)20(25)15-26-23/h10-15,26H,6-9,25H2,1-5H3,(H,27,28). The predicted molar refractivity (Wildman–Crippen MR) is 143 cm³/mol. The third-order valence-electron chi connectivity index (χ3n) is 5.40. The van der Waals surface area contributed by atoms with E-state index >= 15 is 0 Å². The van der Waals surface area contributed by atoms with Gasteiger partial charge in [-0.05, 0) is 58.2 Å². The van der Waals surface area contributed by atoms with Gasteiger partial charge in [-0.15, -0.1) is 0 Å². The van der Waals surface area contributed by atoms with Crippen molar-refractivity contribution in [1.29, 1.82) is 0 Å². The molecular formula is C24H33N3O7P2. The first kappa shape index (κ1) is 28.1. The zero-order valence-corrected chi connectivity index (χ0v) is 22.9. The molecule has 2 aromatic carbocycles. The molecule has 1 heterocycles. The third-order valence-corrected chi connectivity index (χ3v) is 9.74. The SMILES string of the molecule is CCOP(=O)(OCC)c1cc(NC(=O)c2[nH]cc(N)c2C)cc2c(P(=O)(OCC)OCC)cccc12. The van der Waals surface area contributed by atoms with E-state index < -0.39 is 21.1 Å². The van der Waals surface area contributed by atoms with Gasteiger partial charge in [0.1, 0.15) is 5.69 Å². The molecule has 0 aliphatic carbocycles. The number of amides is 1.